The highest BCUT2D eigenvalue weighted by Crippen LogP contribution is 2.20. The summed E-state index contributed by atoms with van der Waals surface area (Å²) in [6, 6.07) is 2.07. The Morgan fingerprint density at radius 3 is 3.00 bits per heavy atom. The zero-order valence-corrected chi connectivity index (χ0v) is 7.74. The van der Waals surface area contributed by atoms with Gasteiger partial charge in [0.15, 0.2) is 0 Å². The number of rotatable bonds is 3. The van der Waals surface area contributed by atoms with Gasteiger partial charge in [0.2, 0.25) is 0 Å². The van der Waals surface area contributed by atoms with E-state index in [1.54, 1.807) is 11.3 Å². The van der Waals surface area contributed by atoms with Gasteiger partial charge in [-0.25, -0.2) is 5.90 Å². The molecule has 0 saturated heterocycles. The third-order valence-electron chi connectivity index (χ3n) is 1.13. The summed E-state index contributed by atoms with van der Waals surface area (Å²) < 4.78 is 1.15. The molecule has 0 aliphatic heterocycles. The van der Waals surface area contributed by atoms with Gasteiger partial charge in [0.1, 0.15) is 0 Å². The monoisotopic (exact) mass is 221 g/mol. The minimum atomic E-state index is 0.586. The van der Waals surface area contributed by atoms with Crippen LogP contribution in [-0.2, 0) is 11.3 Å². The molecule has 0 fully saturated rings. The van der Waals surface area contributed by atoms with Crippen molar-refractivity contribution in [3.63, 3.8) is 0 Å². The first-order valence-corrected chi connectivity index (χ1v) is 4.55. The second kappa shape index (κ2) is 4.08. The van der Waals surface area contributed by atoms with Crippen molar-refractivity contribution in [1.82, 2.24) is 0 Å². The summed E-state index contributed by atoms with van der Waals surface area (Å²) in [4.78, 5) is 4.44. The van der Waals surface area contributed by atoms with Crippen LogP contribution in [0, 0.1) is 0 Å². The molecule has 0 saturated carbocycles. The lowest BCUT2D eigenvalue weighted by Gasteiger charge is -1.92. The summed E-state index contributed by atoms with van der Waals surface area (Å²) >= 11 is 5.05. The molecule has 0 aliphatic rings. The second-order valence-electron chi connectivity index (χ2n) is 1.88. The van der Waals surface area contributed by atoms with Gasteiger partial charge in [0, 0.05) is 0 Å². The normalized spacial score (nSPS) is 10.2. The fourth-order valence-electron chi connectivity index (χ4n) is 0.654. The van der Waals surface area contributed by atoms with Crippen LogP contribution in [0.2, 0.25) is 0 Å². The smallest absolute Gasteiger partial charge is 0.0719 e. The zero-order chi connectivity index (χ0) is 7.40. The highest BCUT2D eigenvalue weighted by atomic mass is 79.9. The molecule has 0 spiro atoms. The third-order valence-corrected chi connectivity index (χ3v) is 2.68. The van der Waals surface area contributed by atoms with Crippen molar-refractivity contribution in [3.05, 3.63) is 20.8 Å². The van der Waals surface area contributed by atoms with Crippen molar-refractivity contribution < 1.29 is 4.84 Å². The summed E-state index contributed by atoms with van der Waals surface area (Å²) in [7, 11) is 0. The van der Waals surface area contributed by atoms with E-state index < -0.39 is 0 Å². The average molecular weight is 222 g/mol. The van der Waals surface area contributed by atoms with E-state index in [1.807, 2.05) is 0 Å². The molecule has 1 heterocycles. The topological polar surface area (TPSA) is 35.2 Å². The van der Waals surface area contributed by atoms with Crippen molar-refractivity contribution >= 4 is 27.3 Å². The van der Waals surface area contributed by atoms with Gasteiger partial charge in [0.25, 0.3) is 0 Å². The largest absolute Gasteiger partial charge is 0.304 e. The minimum Gasteiger partial charge on any atom is -0.304 e. The van der Waals surface area contributed by atoms with E-state index in [-0.39, 0.29) is 0 Å². The van der Waals surface area contributed by atoms with Gasteiger partial charge < -0.3 is 4.84 Å². The van der Waals surface area contributed by atoms with E-state index in [0.717, 1.165) is 10.2 Å². The van der Waals surface area contributed by atoms with Gasteiger partial charge in [-0.15, -0.1) is 11.3 Å². The van der Waals surface area contributed by atoms with Crippen LogP contribution in [0.5, 0.6) is 0 Å². The van der Waals surface area contributed by atoms with Crippen molar-refractivity contribution in [1.29, 1.82) is 0 Å². The van der Waals surface area contributed by atoms with Crippen LogP contribution in [-0.4, -0.2) is 6.61 Å². The molecule has 0 radical (unpaired) electrons. The molecule has 4 heteroatoms. The van der Waals surface area contributed by atoms with E-state index in [0.29, 0.717) is 6.61 Å². The molecular weight excluding hydrogens is 214 g/mol. The first kappa shape index (κ1) is 8.20. The Kier molecular flexibility index (Phi) is 3.34. The molecule has 1 aromatic rings. The second-order valence-corrected chi connectivity index (χ2v) is 4.17. The quantitative estimate of drug-likeness (QED) is 0.793. The molecule has 1 rings (SSSR count). The van der Waals surface area contributed by atoms with Crippen LogP contribution in [0.1, 0.15) is 5.56 Å². The molecule has 0 amide bonds. The van der Waals surface area contributed by atoms with Crippen LogP contribution < -0.4 is 5.90 Å². The predicted octanol–water partition coefficient (Wildman–Crippen LogP) is 1.94. The molecule has 0 bridgehead atoms. The van der Waals surface area contributed by atoms with Crippen molar-refractivity contribution in [3.8, 4) is 0 Å². The zero-order valence-electron chi connectivity index (χ0n) is 5.34. The number of nitrogens with two attached hydrogens (primary N) is 1. The average Bonchev–Trinajstić information content (AvgIpc) is 2.31. The Morgan fingerprint density at radius 2 is 2.50 bits per heavy atom. The van der Waals surface area contributed by atoms with Gasteiger partial charge in [-0.1, -0.05) is 0 Å². The highest BCUT2D eigenvalue weighted by molar-refractivity contribution is 9.11. The summed E-state index contributed by atoms with van der Waals surface area (Å²) in [5, 5.41) is 2.09. The molecule has 2 N–H and O–H groups in total. The van der Waals surface area contributed by atoms with Gasteiger partial charge in [-0.2, -0.15) is 0 Å². The summed E-state index contributed by atoms with van der Waals surface area (Å²) in [6.45, 7) is 0.586. The van der Waals surface area contributed by atoms with Crippen LogP contribution in [0.4, 0.5) is 0 Å². The Balaban J connectivity index is 2.42. The van der Waals surface area contributed by atoms with Gasteiger partial charge in [-0.05, 0) is 39.4 Å². The molecule has 0 atom stereocenters. The molecule has 1 aromatic heterocycles. The number of halogens is 1. The standard InChI is InChI=1S/C6H8BrNOS/c7-6-3-5(4-10-6)1-2-9-8/h3-4H,1-2,8H2. The number of hydrogen-bond donors (Lipinski definition) is 1. The Bertz CT molecular complexity index is 201. The van der Waals surface area contributed by atoms with E-state index >= 15 is 0 Å². The van der Waals surface area contributed by atoms with Gasteiger partial charge >= 0.3 is 0 Å². The molecule has 56 valence electrons. The van der Waals surface area contributed by atoms with Crippen LogP contribution in [0.25, 0.3) is 0 Å². The predicted molar refractivity (Wildman–Crippen MR) is 45.9 cm³/mol. The minimum absolute atomic E-state index is 0.586. The Morgan fingerprint density at radius 1 is 1.70 bits per heavy atom. The molecule has 0 aromatic carbocycles. The van der Waals surface area contributed by atoms with Gasteiger partial charge in [-0.3, -0.25) is 0 Å². The molecule has 0 unspecified atom stereocenters. The van der Waals surface area contributed by atoms with E-state index in [2.05, 4.69) is 32.2 Å². The summed E-state index contributed by atoms with van der Waals surface area (Å²) in [5.74, 6) is 4.87. The molecule has 10 heavy (non-hydrogen) atoms. The van der Waals surface area contributed by atoms with E-state index in [1.165, 1.54) is 5.56 Å². The van der Waals surface area contributed by atoms with Crippen molar-refractivity contribution in [2.24, 2.45) is 5.90 Å². The summed E-state index contributed by atoms with van der Waals surface area (Å²) in [5.41, 5.74) is 1.27. The third kappa shape index (κ3) is 2.38. The molecule has 0 aliphatic carbocycles. The number of hydrogen-bond acceptors (Lipinski definition) is 3. The lowest BCUT2D eigenvalue weighted by molar-refractivity contribution is 0.141. The highest BCUT2D eigenvalue weighted by Gasteiger charge is 1.95. The maximum Gasteiger partial charge on any atom is 0.0719 e. The van der Waals surface area contributed by atoms with Crippen molar-refractivity contribution in [2.75, 3.05) is 6.61 Å². The lowest BCUT2D eigenvalue weighted by atomic mass is 10.3. The van der Waals surface area contributed by atoms with Crippen LogP contribution in [0.3, 0.4) is 0 Å². The maximum absolute atomic E-state index is 4.87. The SMILES string of the molecule is NOCCc1csc(Br)c1. The maximum atomic E-state index is 4.87. The summed E-state index contributed by atoms with van der Waals surface area (Å²) in [6.07, 6.45) is 0.888. The van der Waals surface area contributed by atoms with E-state index in [4.69, 9.17) is 5.90 Å². The molecule has 2 nitrogen and oxygen atoms in total. The van der Waals surface area contributed by atoms with E-state index in [9.17, 15) is 0 Å². The lowest BCUT2D eigenvalue weighted by Crippen LogP contribution is -2.02. The molecular formula is C6H8BrNOS. The first-order chi connectivity index (χ1) is 4.83. The van der Waals surface area contributed by atoms with Crippen molar-refractivity contribution in [2.45, 2.75) is 6.42 Å². The Labute approximate surface area is 72.1 Å². The Hall–Kier alpha value is 0.100. The van der Waals surface area contributed by atoms with Crippen LogP contribution in [0.15, 0.2) is 15.2 Å². The fraction of sp³-hybridized carbons (Fsp3) is 0.333. The first-order valence-electron chi connectivity index (χ1n) is 2.87. The number of thiophene rings is 1. The fourth-order valence-corrected chi connectivity index (χ4v) is 1.90. The van der Waals surface area contributed by atoms with Gasteiger partial charge in [0.05, 0.1) is 10.4 Å². The van der Waals surface area contributed by atoms with Crippen LogP contribution >= 0.6 is 27.3 Å².